The average Bonchev–Trinajstić information content (AvgIpc) is 3.04. The van der Waals surface area contributed by atoms with E-state index in [4.69, 9.17) is 0 Å². The van der Waals surface area contributed by atoms with Crippen molar-refractivity contribution < 1.29 is 22.7 Å². The summed E-state index contributed by atoms with van der Waals surface area (Å²) < 4.78 is 42.3. The maximum Gasteiger partial charge on any atom is 0.573 e. The predicted octanol–water partition coefficient (Wildman–Crippen LogP) is 3.39. The van der Waals surface area contributed by atoms with Gasteiger partial charge in [-0.2, -0.15) is 0 Å². The van der Waals surface area contributed by atoms with E-state index in [0.717, 1.165) is 6.07 Å². The van der Waals surface area contributed by atoms with Crippen molar-refractivity contribution in [2.75, 3.05) is 5.32 Å². The minimum absolute atomic E-state index is 0.0474. The lowest BCUT2D eigenvalue weighted by molar-refractivity contribution is -0.274. The van der Waals surface area contributed by atoms with Crippen LogP contribution in [0.3, 0.4) is 0 Å². The van der Waals surface area contributed by atoms with E-state index < -0.39 is 18.0 Å². The molecule has 0 bridgehead atoms. The van der Waals surface area contributed by atoms with Gasteiger partial charge in [-0.15, -0.1) is 24.5 Å². The molecule has 26 heavy (non-hydrogen) atoms. The SMILES string of the molecule is O=C(CCn1cnc2sccc2c1=O)Nc1ccccc1OC(F)(F)F. The first-order valence-electron chi connectivity index (χ1n) is 7.41. The highest BCUT2D eigenvalue weighted by Gasteiger charge is 2.32. The molecule has 2 aromatic heterocycles. The molecule has 0 radical (unpaired) electrons. The summed E-state index contributed by atoms with van der Waals surface area (Å²) in [5, 5.41) is 4.56. The van der Waals surface area contributed by atoms with Crippen LogP contribution in [0.25, 0.3) is 10.2 Å². The number of fused-ring (bicyclic) bond motifs is 1. The molecular weight excluding hydrogens is 371 g/mol. The number of carbonyl (C=O) groups is 1. The lowest BCUT2D eigenvalue weighted by atomic mass is 10.2. The normalized spacial score (nSPS) is 11.5. The third-order valence-electron chi connectivity index (χ3n) is 3.42. The minimum atomic E-state index is -4.87. The van der Waals surface area contributed by atoms with Crippen LogP contribution in [-0.4, -0.2) is 21.8 Å². The van der Waals surface area contributed by atoms with Gasteiger partial charge in [0.15, 0.2) is 5.75 Å². The van der Waals surface area contributed by atoms with Crippen LogP contribution in [0.2, 0.25) is 0 Å². The average molecular weight is 383 g/mol. The molecule has 0 aliphatic rings. The molecule has 0 unspecified atom stereocenters. The molecule has 6 nitrogen and oxygen atoms in total. The van der Waals surface area contributed by atoms with E-state index in [9.17, 15) is 22.8 Å². The molecule has 0 spiro atoms. The van der Waals surface area contributed by atoms with Crippen molar-refractivity contribution in [3.05, 3.63) is 52.4 Å². The number of hydrogen-bond donors (Lipinski definition) is 1. The van der Waals surface area contributed by atoms with Gasteiger partial charge in [-0.25, -0.2) is 4.98 Å². The zero-order valence-corrected chi connectivity index (χ0v) is 13.9. The zero-order valence-electron chi connectivity index (χ0n) is 13.1. The largest absolute Gasteiger partial charge is 0.573 e. The third kappa shape index (κ3) is 4.20. The van der Waals surface area contributed by atoms with Crippen molar-refractivity contribution in [3.8, 4) is 5.75 Å². The van der Waals surface area contributed by atoms with E-state index in [-0.39, 0.29) is 24.2 Å². The van der Waals surface area contributed by atoms with Crippen molar-refractivity contribution in [1.29, 1.82) is 0 Å². The van der Waals surface area contributed by atoms with Crippen LogP contribution in [0.15, 0.2) is 46.8 Å². The van der Waals surface area contributed by atoms with E-state index in [1.807, 2.05) is 0 Å². The smallest absolute Gasteiger partial charge is 0.404 e. The summed E-state index contributed by atoms with van der Waals surface area (Å²) in [4.78, 5) is 29.0. The first kappa shape index (κ1) is 17.9. The zero-order chi connectivity index (χ0) is 18.7. The van der Waals surface area contributed by atoms with E-state index in [1.165, 1.54) is 40.4 Å². The summed E-state index contributed by atoms with van der Waals surface area (Å²) in [5.74, 6) is -1.06. The number of nitrogens with one attached hydrogen (secondary N) is 1. The molecule has 2 heterocycles. The lowest BCUT2D eigenvalue weighted by Crippen LogP contribution is -2.23. The topological polar surface area (TPSA) is 73.2 Å². The highest BCUT2D eigenvalue weighted by atomic mass is 32.1. The molecular formula is C16H12F3N3O3S. The summed E-state index contributed by atoms with van der Waals surface area (Å²) in [6.45, 7) is 0.0474. The summed E-state index contributed by atoms with van der Waals surface area (Å²) in [7, 11) is 0. The van der Waals surface area contributed by atoms with Gasteiger partial charge in [0.05, 0.1) is 17.4 Å². The van der Waals surface area contributed by atoms with E-state index >= 15 is 0 Å². The van der Waals surface area contributed by atoms with Crippen LogP contribution in [0.1, 0.15) is 6.42 Å². The van der Waals surface area contributed by atoms with Gasteiger partial charge in [-0.05, 0) is 23.6 Å². The highest BCUT2D eigenvalue weighted by Crippen LogP contribution is 2.29. The molecule has 10 heteroatoms. The van der Waals surface area contributed by atoms with E-state index in [0.29, 0.717) is 10.2 Å². The van der Waals surface area contributed by atoms with Crippen LogP contribution in [0.4, 0.5) is 18.9 Å². The van der Waals surface area contributed by atoms with Gasteiger partial charge >= 0.3 is 6.36 Å². The van der Waals surface area contributed by atoms with Gasteiger partial charge in [-0.1, -0.05) is 12.1 Å². The Morgan fingerprint density at radius 3 is 2.81 bits per heavy atom. The minimum Gasteiger partial charge on any atom is -0.404 e. The van der Waals surface area contributed by atoms with Crippen molar-refractivity contribution in [1.82, 2.24) is 9.55 Å². The van der Waals surface area contributed by atoms with Gasteiger partial charge in [0.25, 0.3) is 5.56 Å². The molecule has 136 valence electrons. The molecule has 0 aliphatic heterocycles. The number of hydrogen-bond acceptors (Lipinski definition) is 5. The molecule has 3 rings (SSSR count). The second-order valence-corrected chi connectivity index (χ2v) is 6.12. The third-order valence-corrected chi connectivity index (χ3v) is 4.24. The number of carbonyl (C=O) groups excluding carboxylic acids is 1. The molecule has 1 N–H and O–H groups in total. The van der Waals surface area contributed by atoms with Crippen LogP contribution in [-0.2, 0) is 11.3 Å². The Balaban J connectivity index is 1.68. The maximum absolute atomic E-state index is 12.4. The van der Waals surface area contributed by atoms with Crippen LogP contribution < -0.4 is 15.6 Å². The van der Waals surface area contributed by atoms with Gasteiger partial charge < -0.3 is 10.1 Å². The number of aromatic nitrogens is 2. The first-order valence-corrected chi connectivity index (χ1v) is 8.29. The molecule has 1 aromatic carbocycles. The molecule has 0 fully saturated rings. The number of ether oxygens (including phenoxy) is 1. The second-order valence-electron chi connectivity index (χ2n) is 5.22. The number of rotatable bonds is 5. The molecule has 3 aromatic rings. The number of aryl methyl sites for hydroxylation is 1. The number of amides is 1. The Morgan fingerprint density at radius 2 is 2.04 bits per heavy atom. The highest BCUT2D eigenvalue weighted by molar-refractivity contribution is 7.16. The van der Waals surface area contributed by atoms with Crippen molar-refractivity contribution in [3.63, 3.8) is 0 Å². The molecule has 0 atom stereocenters. The Hall–Kier alpha value is -2.88. The fourth-order valence-corrected chi connectivity index (χ4v) is 2.99. The van der Waals surface area contributed by atoms with E-state index in [2.05, 4.69) is 15.0 Å². The van der Waals surface area contributed by atoms with Crippen LogP contribution >= 0.6 is 11.3 Å². The van der Waals surface area contributed by atoms with Crippen molar-refractivity contribution >= 4 is 33.1 Å². The van der Waals surface area contributed by atoms with Crippen molar-refractivity contribution in [2.24, 2.45) is 0 Å². The van der Waals surface area contributed by atoms with Crippen LogP contribution in [0, 0.1) is 0 Å². The second kappa shape index (κ2) is 7.16. The number of halogens is 3. The lowest BCUT2D eigenvalue weighted by Gasteiger charge is -2.14. The summed E-state index contributed by atoms with van der Waals surface area (Å²) in [6.07, 6.45) is -3.64. The Kier molecular flexibility index (Phi) is 4.94. The maximum atomic E-state index is 12.4. The molecule has 0 saturated heterocycles. The summed E-state index contributed by atoms with van der Waals surface area (Å²) in [6, 6.07) is 6.87. The Bertz CT molecular complexity index is 997. The number of anilines is 1. The van der Waals surface area contributed by atoms with Gasteiger partial charge in [-0.3, -0.25) is 14.2 Å². The van der Waals surface area contributed by atoms with Gasteiger partial charge in [0.1, 0.15) is 4.83 Å². The predicted molar refractivity (Wildman–Crippen MR) is 90.3 cm³/mol. The first-order chi connectivity index (χ1) is 12.3. The van der Waals surface area contributed by atoms with Crippen molar-refractivity contribution in [2.45, 2.75) is 19.3 Å². The Morgan fingerprint density at radius 1 is 1.27 bits per heavy atom. The van der Waals surface area contributed by atoms with E-state index in [1.54, 1.807) is 11.4 Å². The fourth-order valence-electron chi connectivity index (χ4n) is 2.27. The number of nitrogens with zero attached hydrogens (tertiary/aromatic N) is 2. The van der Waals surface area contributed by atoms with Gasteiger partial charge in [0.2, 0.25) is 5.91 Å². The molecule has 0 saturated carbocycles. The van der Waals surface area contributed by atoms with Crippen LogP contribution in [0.5, 0.6) is 5.75 Å². The quantitative estimate of drug-likeness (QED) is 0.733. The monoisotopic (exact) mass is 383 g/mol. The number of para-hydroxylation sites is 2. The molecule has 0 aliphatic carbocycles. The summed E-state index contributed by atoms with van der Waals surface area (Å²) >= 11 is 1.33. The number of benzene rings is 1. The standard InChI is InChI=1S/C16H12F3N3O3S/c17-16(18,19)25-12-4-2-1-3-11(12)21-13(23)5-7-22-9-20-14-10(15(22)24)6-8-26-14/h1-4,6,8-9H,5,7H2,(H,21,23). The fraction of sp³-hybridized carbons (Fsp3) is 0.188. The number of thiophene rings is 1. The Labute approximate surface area is 148 Å². The van der Waals surface area contributed by atoms with Gasteiger partial charge in [0, 0.05) is 13.0 Å². The number of alkyl halides is 3. The molecule has 1 amide bonds. The summed E-state index contributed by atoms with van der Waals surface area (Å²) in [5.41, 5.74) is -0.376.